The molecule has 1 amide bonds. The number of hydrogen-bond acceptors (Lipinski definition) is 9. The summed E-state index contributed by atoms with van der Waals surface area (Å²) < 4.78 is 10.3. The Labute approximate surface area is 192 Å². The molecule has 0 spiro atoms. The van der Waals surface area contributed by atoms with Crippen LogP contribution in [0.4, 0.5) is 5.69 Å². The number of aromatic hydroxyl groups is 1. The third kappa shape index (κ3) is 4.58. The van der Waals surface area contributed by atoms with Gasteiger partial charge in [-0.25, -0.2) is 4.79 Å². The summed E-state index contributed by atoms with van der Waals surface area (Å²) in [5.74, 6) is -1.90. The van der Waals surface area contributed by atoms with Gasteiger partial charge in [-0.05, 0) is 30.2 Å². The SMILES string of the molecule is CCOC(=O)C(c1ccccc1)N1C(=O)/C(=C/c2cc(OC)c(O)c([N+](=O)[O-])c2)SC1=S. The Kier molecular flexibility index (Phi) is 7.11. The molecule has 1 heterocycles. The van der Waals surface area contributed by atoms with E-state index in [1.54, 1.807) is 37.3 Å². The van der Waals surface area contributed by atoms with Crippen molar-refractivity contribution in [2.24, 2.45) is 0 Å². The van der Waals surface area contributed by atoms with E-state index in [-0.39, 0.29) is 27.1 Å². The van der Waals surface area contributed by atoms with Gasteiger partial charge in [-0.1, -0.05) is 54.3 Å². The molecule has 166 valence electrons. The third-order valence-electron chi connectivity index (χ3n) is 4.50. The fraction of sp³-hybridized carbons (Fsp3) is 0.190. The highest BCUT2D eigenvalue weighted by molar-refractivity contribution is 8.26. The third-order valence-corrected chi connectivity index (χ3v) is 5.83. The van der Waals surface area contributed by atoms with E-state index in [1.807, 2.05) is 0 Å². The van der Waals surface area contributed by atoms with E-state index in [1.165, 1.54) is 24.2 Å². The predicted molar refractivity (Wildman–Crippen MR) is 122 cm³/mol. The molecule has 2 aromatic carbocycles. The summed E-state index contributed by atoms with van der Waals surface area (Å²) in [7, 11) is 1.26. The van der Waals surface area contributed by atoms with Crippen molar-refractivity contribution in [3.8, 4) is 11.5 Å². The van der Waals surface area contributed by atoms with Crippen LogP contribution in [-0.2, 0) is 14.3 Å². The van der Waals surface area contributed by atoms with Gasteiger partial charge in [0.05, 0.1) is 23.5 Å². The number of phenols is 1. The number of ether oxygens (including phenoxy) is 2. The van der Waals surface area contributed by atoms with Crippen LogP contribution in [0, 0.1) is 10.1 Å². The molecular formula is C21H18N2O7S2. The second-order valence-electron chi connectivity index (χ2n) is 6.46. The van der Waals surface area contributed by atoms with Crippen molar-refractivity contribution in [1.29, 1.82) is 0 Å². The number of carbonyl (C=O) groups is 2. The lowest BCUT2D eigenvalue weighted by Gasteiger charge is -2.25. The molecule has 1 atom stereocenters. The number of nitrogens with zero attached hydrogens (tertiary/aromatic N) is 2. The van der Waals surface area contributed by atoms with Gasteiger partial charge in [0, 0.05) is 6.07 Å². The number of nitro benzene ring substituents is 1. The molecule has 3 rings (SSSR count). The number of methoxy groups -OCH3 is 1. The van der Waals surface area contributed by atoms with Crippen LogP contribution in [0.1, 0.15) is 24.1 Å². The molecule has 1 aliphatic rings. The van der Waals surface area contributed by atoms with E-state index in [0.717, 1.165) is 17.8 Å². The predicted octanol–water partition coefficient (Wildman–Crippen LogP) is 3.81. The van der Waals surface area contributed by atoms with Crippen LogP contribution in [0.2, 0.25) is 0 Å². The molecule has 0 aromatic heterocycles. The zero-order valence-electron chi connectivity index (χ0n) is 17.0. The fourth-order valence-electron chi connectivity index (χ4n) is 3.09. The molecule has 1 aliphatic heterocycles. The van der Waals surface area contributed by atoms with Gasteiger partial charge in [0.1, 0.15) is 4.32 Å². The van der Waals surface area contributed by atoms with Crippen molar-refractivity contribution in [2.75, 3.05) is 13.7 Å². The Bertz CT molecular complexity index is 1120. The smallest absolute Gasteiger partial charge is 0.333 e. The van der Waals surface area contributed by atoms with E-state index >= 15 is 0 Å². The minimum Gasteiger partial charge on any atom is -0.500 e. The summed E-state index contributed by atoms with van der Waals surface area (Å²) in [5.41, 5.74) is 0.212. The quantitative estimate of drug-likeness (QED) is 0.210. The number of carbonyl (C=O) groups excluding carboxylic acids is 2. The standard InChI is InChI=1S/C21H18N2O7S2/c1-3-30-20(26)17(13-7-5-4-6-8-13)22-19(25)16(32-21(22)31)11-12-9-14(23(27)28)18(24)15(10-12)29-2/h4-11,17,24H,3H2,1-2H3/b16-11-. The molecule has 11 heteroatoms. The largest absolute Gasteiger partial charge is 0.500 e. The zero-order chi connectivity index (χ0) is 23.4. The van der Waals surface area contributed by atoms with E-state index in [9.17, 15) is 24.8 Å². The average molecular weight is 475 g/mol. The van der Waals surface area contributed by atoms with Gasteiger partial charge in [0.2, 0.25) is 5.75 Å². The lowest BCUT2D eigenvalue weighted by atomic mass is 10.1. The Morgan fingerprint density at radius 2 is 2.03 bits per heavy atom. The summed E-state index contributed by atoms with van der Waals surface area (Å²) in [6.07, 6.45) is 1.39. The summed E-state index contributed by atoms with van der Waals surface area (Å²) in [5, 5.41) is 21.2. The number of benzene rings is 2. The number of rotatable bonds is 7. The van der Waals surface area contributed by atoms with Gasteiger partial charge < -0.3 is 14.6 Å². The highest BCUT2D eigenvalue weighted by Crippen LogP contribution is 2.41. The van der Waals surface area contributed by atoms with Gasteiger partial charge in [-0.15, -0.1) is 0 Å². The monoisotopic (exact) mass is 474 g/mol. The number of hydrogen-bond donors (Lipinski definition) is 1. The lowest BCUT2D eigenvalue weighted by Crippen LogP contribution is -2.38. The molecule has 0 saturated carbocycles. The maximum Gasteiger partial charge on any atom is 0.333 e. The molecule has 9 nitrogen and oxygen atoms in total. The van der Waals surface area contributed by atoms with Gasteiger partial charge in [0.25, 0.3) is 5.91 Å². The van der Waals surface area contributed by atoms with Crippen molar-refractivity contribution in [3.05, 3.63) is 68.6 Å². The minimum absolute atomic E-state index is 0.116. The molecule has 1 N–H and O–H groups in total. The van der Waals surface area contributed by atoms with Crippen LogP contribution >= 0.6 is 24.0 Å². The molecule has 0 bridgehead atoms. The van der Waals surface area contributed by atoms with Crippen LogP contribution in [-0.4, -0.2) is 44.8 Å². The van der Waals surface area contributed by atoms with Crippen molar-refractivity contribution in [1.82, 2.24) is 4.90 Å². The number of phenolic OH excluding ortho intramolecular Hbond substituents is 1. The van der Waals surface area contributed by atoms with Crippen molar-refractivity contribution < 1.29 is 29.1 Å². The number of thioether (sulfide) groups is 1. The van der Waals surface area contributed by atoms with E-state index < -0.39 is 34.3 Å². The van der Waals surface area contributed by atoms with Crippen LogP contribution in [0.3, 0.4) is 0 Å². The second kappa shape index (κ2) is 9.79. The molecule has 0 aliphatic carbocycles. The van der Waals surface area contributed by atoms with Crippen LogP contribution in [0.5, 0.6) is 11.5 Å². The summed E-state index contributed by atoms with van der Waals surface area (Å²) in [4.78, 5) is 37.7. The van der Waals surface area contributed by atoms with Crippen LogP contribution in [0.25, 0.3) is 6.08 Å². The first-order valence-corrected chi connectivity index (χ1v) is 10.5. The molecule has 1 saturated heterocycles. The number of esters is 1. The Morgan fingerprint density at radius 3 is 2.62 bits per heavy atom. The first-order chi connectivity index (χ1) is 15.3. The first kappa shape index (κ1) is 23.2. The van der Waals surface area contributed by atoms with Crippen LogP contribution < -0.4 is 4.74 Å². The van der Waals surface area contributed by atoms with Crippen molar-refractivity contribution in [3.63, 3.8) is 0 Å². The summed E-state index contributed by atoms with van der Waals surface area (Å²) in [6.45, 7) is 1.79. The van der Waals surface area contributed by atoms with Gasteiger partial charge in [-0.2, -0.15) is 0 Å². The molecule has 0 radical (unpaired) electrons. The minimum atomic E-state index is -1.07. The number of thiocarbonyl (C=S) groups is 1. The Morgan fingerprint density at radius 1 is 1.34 bits per heavy atom. The number of amides is 1. The molecule has 1 unspecified atom stereocenters. The Balaban J connectivity index is 2.03. The highest BCUT2D eigenvalue weighted by Gasteiger charge is 2.42. The van der Waals surface area contributed by atoms with Crippen molar-refractivity contribution in [2.45, 2.75) is 13.0 Å². The van der Waals surface area contributed by atoms with E-state index in [2.05, 4.69) is 0 Å². The van der Waals surface area contributed by atoms with Crippen molar-refractivity contribution >= 4 is 51.9 Å². The molecular weight excluding hydrogens is 456 g/mol. The Hall–Kier alpha value is -3.44. The summed E-state index contributed by atoms with van der Waals surface area (Å²) >= 11 is 6.33. The summed E-state index contributed by atoms with van der Waals surface area (Å²) in [6, 6.07) is 10.0. The topological polar surface area (TPSA) is 119 Å². The molecule has 32 heavy (non-hydrogen) atoms. The van der Waals surface area contributed by atoms with Gasteiger partial charge in [-0.3, -0.25) is 19.8 Å². The first-order valence-electron chi connectivity index (χ1n) is 9.32. The maximum absolute atomic E-state index is 13.2. The van der Waals surface area contributed by atoms with E-state index in [4.69, 9.17) is 21.7 Å². The second-order valence-corrected chi connectivity index (χ2v) is 8.14. The molecule has 1 fully saturated rings. The normalized spacial score (nSPS) is 15.7. The fourth-order valence-corrected chi connectivity index (χ4v) is 4.41. The highest BCUT2D eigenvalue weighted by atomic mass is 32.2. The van der Waals surface area contributed by atoms with Gasteiger partial charge >= 0.3 is 11.7 Å². The van der Waals surface area contributed by atoms with Crippen LogP contribution in [0.15, 0.2) is 47.4 Å². The number of nitro groups is 1. The lowest BCUT2D eigenvalue weighted by molar-refractivity contribution is -0.386. The maximum atomic E-state index is 13.2. The van der Waals surface area contributed by atoms with Gasteiger partial charge in [0.15, 0.2) is 11.8 Å². The van der Waals surface area contributed by atoms with E-state index in [0.29, 0.717) is 5.56 Å². The average Bonchev–Trinajstić information content (AvgIpc) is 3.03. The molecule has 2 aromatic rings. The zero-order valence-corrected chi connectivity index (χ0v) is 18.6.